The van der Waals surface area contributed by atoms with Crippen LogP contribution in [0, 0.1) is 11.6 Å². The average molecular weight is 228 g/mol. The van der Waals surface area contributed by atoms with Crippen molar-refractivity contribution in [1.29, 1.82) is 0 Å². The Labute approximate surface area is 92.6 Å². The summed E-state index contributed by atoms with van der Waals surface area (Å²) >= 11 is 0. The lowest BCUT2D eigenvalue weighted by Crippen LogP contribution is -2.30. The van der Waals surface area contributed by atoms with E-state index in [4.69, 9.17) is 10.5 Å². The molecule has 1 atom stereocenters. The van der Waals surface area contributed by atoms with Crippen LogP contribution in [0.5, 0.6) is 0 Å². The van der Waals surface area contributed by atoms with Crippen LogP contribution >= 0.6 is 0 Å². The van der Waals surface area contributed by atoms with E-state index in [2.05, 4.69) is 5.32 Å². The summed E-state index contributed by atoms with van der Waals surface area (Å²) in [4.78, 5) is 0. The molecule has 3 N–H and O–H groups in total. The van der Waals surface area contributed by atoms with E-state index >= 15 is 0 Å². The summed E-state index contributed by atoms with van der Waals surface area (Å²) in [6.45, 7) is 1.22. The molecule has 5 heteroatoms. The van der Waals surface area contributed by atoms with Crippen molar-refractivity contribution < 1.29 is 13.5 Å². The van der Waals surface area contributed by atoms with Crippen molar-refractivity contribution in [2.75, 3.05) is 24.3 Å². The highest BCUT2D eigenvalue weighted by Crippen LogP contribution is 2.26. The van der Waals surface area contributed by atoms with E-state index in [1.54, 1.807) is 0 Å². The van der Waals surface area contributed by atoms with Gasteiger partial charge in [0.2, 0.25) is 0 Å². The summed E-state index contributed by atoms with van der Waals surface area (Å²) < 4.78 is 31.7. The van der Waals surface area contributed by atoms with E-state index in [0.29, 0.717) is 6.61 Å². The maximum atomic E-state index is 13.5. The van der Waals surface area contributed by atoms with Crippen LogP contribution in [0.4, 0.5) is 20.2 Å². The third-order valence-corrected chi connectivity index (χ3v) is 2.64. The van der Waals surface area contributed by atoms with Crippen LogP contribution in [0.3, 0.4) is 0 Å². The predicted molar refractivity (Wildman–Crippen MR) is 58.2 cm³/mol. The van der Waals surface area contributed by atoms with Gasteiger partial charge in [-0.25, -0.2) is 8.78 Å². The van der Waals surface area contributed by atoms with Crippen LogP contribution in [0.2, 0.25) is 0 Å². The zero-order valence-corrected chi connectivity index (χ0v) is 8.80. The van der Waals surface area contributed by atoms with Gasteiger partial charge in [0.05, 0.1) is 18.0 Å². The molecule has 0 aromatic heterocycles. The first kappa shape index (κ1) is 11.1. The lowest BCUT2D eigenvalue weighted by atomic mass is 10.1. The van der Waals surface area contributed by atoms with Gasteiger partial charge in [-0.05, 0) is 25.0 Å². The van der Waals surface area contributed by atoms with E-state index in [1.165, 1.54) is 6.07 Å². The molecule has 1 aliphatic heterocycles. The Morgan fingerprint density at radius 1 is 1.38 bits per heavy atom. The van der Waals surface area contributed by atoms with Crippen molar-refractivity contribution >= 4 is 11.4 Å². The zero-order chi connectivity index (χ0) is 11.5. The molecule has 0 aliphatic carbocycles. The fourth-order valence-electron chi connectivity index (χ4n) is 1.77. The standard InChI is InChI=1S/C11H14F2N2O/c12-8-3-4-9(14)11(10(8)13)15-7-2-1-5-16-6-7/h3-4,7,15H,1-2,5-6,14H2. The summed E-state index contributed by atoms with van der Waals surface area (Å²) in [7, 11) is 0. The first-order valence-electron chi connectivity index (χ1n) is 5.26. The highest BCUT2D eigenvalue weighted by Gasteiger charge is 2.18. The highest BCUT2D eigenvalue weighted by molar-refractivity contribution is 5.67. The Morgan fingerprint density at radius 2 is 2.19 bits per heavy atom. The largest absolute Gasteiger partial charge is 0.397 e. The first-order chi connectivity index (χ1) is 7.68. The number of ether oxygens (including phenoxy) is 1. The van der Waals surface area contributed by atoms with Gasteiger partial charge in [-0.1, -0.05) is 0 Å². The Hall–Kier alpha value is -1.36. The fraction of sp³-hybridized carbons (Fsp3) is 0.455. The van der Waals surface area contributed by atoms with Crippen molar-refractivity contribution in [2.24, 2.45) is 0 Å². The second-order valence-corrected chi connectivity index (χ2v) is 3.88. The Balaban J connectivity index is 2.16. The van der Waals surface area contributed by atoms with Crippen LogP contribution in [0.1, 0.15) is 12.8 Å². The third-order valence-electron chi connectivity index (χ3n) is 2.64. The van der Waals surface area contributed by atoms with E-state index in [0.717, 1.165) is 25.5 Å². The quantitative estimate of drug-likeness (QED) is 0.762. The molecule has 88 valence electrons. The molecule has 1 unspecified atom stereocenters. The first-order valence-corrected chi connectivity index (χ1v) is 5.26. The number of nitrogen functional groups attached to an aromatic ring is 1. The monoisotopic (exact) mass is 228 g/mol. The maximum Gasteiger partial charge on any atom is 0.183 e. The number of hydrogen-bond donors (Lipinski definition) is 2. The van der Waals surface area contributed by atoms with Gasteiger partial charge in [-0.2, -0.15) is 0 Å². The Kier molecular flexibility index (Phi) is 3.24. The third kappa shape index (κ3) is 2.24. The SMILES string of the molecule is Nc1ccc(F)c(F)c1NC1CCCOC1. The Bertz CT molecular complexity index is 378. The summed E-state index contributed by atoms with van der Waals surface area (Å²) in [6.07, 6.45) is 1.78. The summed E-state index contributed by atoms with van der Waals surface area (Å²) in [6, 6.07) is 2.37. The lowest BCUT2D eigenvalue weighted by Gasteiger charge is -2.25. The molecular weight excluding hydrogens is 214 g/mol. The van der Waals surface area contributed by atoms with Gasteiger partial charge in [-0.15, -0.1) is 0 Å². The average Bonchev–Trinajstić information content (AvgIpc) is 2.31. The molecule has 1 saturated heterocycles. The second-order valence-electron chi connectivity index (χ2n) is 3.88. The maximum absolute atomic E-state index is 13.5. The Morgan fingerprint density at radius 3 is 2.88 bits per heavy atom. The number of hydrogen-bond acceptors (Lipinski definition) is 3. The molecule has 1 aliphatic rings. The van der Waals surface area contributed by atoms with E-state index < -0.39 is 11.6 Å². The number of nitrogens with one attached hydrogen (secondary N) is 1. The summed E-state index contributed by atoms with van der Waals surface area (Å²) in [5, 5.41) is 2.89. The summed E-state index contributed by atoms with van der Waals surface area (Å²) in [5.41, 5.74) is 5.85. The van der Waals surface area contributed by atoms with Crippen molar-refractivity contribution in [3.05, 3.63) is 23.8 Å². The molecule has 16 heavy (non-hydrogen) atoms. The summed E-state index contributed by atoms with van der Waals surface area (Å²) in [5.74, 6) is -1.82. The molecule has 2 rings (SSSR count). The fourth-order valence-corrected chi connectivity index (χ4v) is 1.77. The van der Waals surface area contributed by atoms with E-state index in [1.807, 2.05) is 0 Å². The topological polar surface area (TPSA) is 47.3 Å². The van der Waals surface area contributed by atoms with Gasteiger partial charge < -0.3 is 15.8 Å². The van der Waals surface area contributed by atoms with Gasteiger partial charge in [-0.3, -0.25) is 0 Å². The molecule has 1 aromatic rings. The van der Waals surface area contributed by atoms with Crippen molar-refractivity contribution in [3.8, 4) is 0 Å². The van der Waals surface area contributed by atoms with Crippen molar-refractivity contribution in [1.82, 2.24) is 0 Å². The molecular formula is C11H14F2N2O. The highest BCUT2D eigenvalue weighted by atomic mass is 19.2. The van der Waals surface area contributed by atoms with Crippen LogP contribution in [-0.2, 0) is 4.74 Å². The number of rotatable bonds is 2. The van der Waals surface area contributed by atoms with Crippen LogP contribution in [0.15, 0.2) is 12.1 Å². The molecule has 0 saturated carbocycles. The van der Waals surface area contributed by atoms with Crippen LogP contribution in [0.25, 0.3) is 0 Å². The van der Waals surface area contributed by atoms with E-state index in [-0.39, 0.29) is 17.4 Å². The van der Waals surface area contributed by atoms with Gasteiger partial charge in [0.1, 0.15) is 0 Å². The smallest absolute Gasteiger partial charge is 0.183 e. The second kappa shape index (κ2) is 4.65. The van der Waals surface area contributed by atoms with Gasteiger partial charge in [0.15, 0.2) is 11.6 Å². The van der Waals surface area contributed by atoms with E-state index in [9.17, 15) is 8.78 Å². The molecule has 0 spiro atoms. The molecule has 0 radical (unpaired) electrons. The molecule has 3 nitrogen and oxygen atoms in total. The van der Waals surface area contributed by atoms with Gasteiger partial charge >= 0.3 is 0 Å². The molecule has 1 fully saturated rings. The van der Waals surface area contributed by atoms with Gasteiger partial charge in [0, 0.05) is 12.6 Å². The van der Waals surface area contributed by atoms with Crippen molar-refractivity contribution in [3.63, 3.8) is 0 Å². The number of halogens is 2. The minimum Gasteiger partial charge on any atom is -0.397 e. The van der Waals surface area contributed by atoms with Gasteiger partial charge in [0.25, 0.3) is 0 Å². The minimum absolute atomic E-state index is 0.00708. The molecule has 1 aromatic carbocycles. The number of benzene rings is 1. The molecule has 0 bridgehead atoms. The molecule has 0 amide bonds. The predicted octanol–water partition coefficient (Wildman–Crippen LogP) is 2.14. The number of nitrogens with two attached hydrogens (primary N) is 1. The number of anilines is 2. The minimum atomic E-state index is -0.925. The molecule has 1 heterocycles. The lowest BCUT2D eigenvalue weighted by molar-refractivity contribution is 0.0875. The van der Waals surface area contributed by atoms with Crippen LogP contribution in [-0.4, -0.2) is 19.3 Å². The zero-order valence-electron chi connectivity index (χ0n) is 8.80. The normalized spacial score (nSPS) is 20.8. The van der Waals surface area contributed by atoms with Crippen LogP contribution < -0.4 is 11.1 Å². The van der Waals surface area contributed by atoms with Crippen molar-refractivity contribution in [2.45, 2.75) is 18.9 Å².